The van der Waals surface area contributed by atoms with Gasteiger partial charge >= 0.3 is 0 Å². The molecule has 3 N–H and O–H groups in total. The Balaban J connectivity index is 2.11. The van der Waals surface area contributed by atoms with Crippen molar-refractivity contribution in [3.05, 3.63) is 54.4 Å². The van der Waals surface area contributed by atoms with Crippen molar-refractivity contribution in [1.29, 1.82) is 0 Å². The van der Waals surface area contributed by atoms with Gasteiger partial charge in [-0.15, -0.1) is 0 Å². The van der Waals surface area contributed by atoms with Crippen LogP contribution >= 0.6 is 0 Å². The lowest BCUT2D eigenvalue weighted by Gasteiger charge is -2.00. The summed E-state index contributed by atoms with van der Waals surface area (Å²) in [6.45, 7) is 5.67. The topological polar surface area (TPSA) is 67.6 Å². The van der Waals surface area contributed by atoms with E-state index >= 15 is 0 Å². The highest BCUT2D eigenvalue weighted by Gasteiger charge is 2.08. The van der Waals surface area contributed by atoms with Gasteiger partial charge in [-0.1, -0.05) is 30.6 Å². The molecular weight excluding hydrogens is 260 g/mol. The second-order valence-electron chi connectivity index (χ2n) is 4.80. The number of aromatic nitrogens is 3. The molecule has 0 aliphatic heterocycles. The summed E-state index contributed by atoms with van der Waals surface area (Å²) in [5.74, 6) is 6.34. The standard InChI is InChI=1S/C17H14N4/c1-11(2)6-7-12-4-3-5-13(8-12)14-9-19-15-10-20-17(18)21-16(14)15/h3-5,8-10,19H,1H2,2H3,(H2,18,20,21). The van der Waals surface area contributed by atoms with Gasteiger partial charge in [0.05, 0.1) is 11.7 Å². The van der Waals surface area contributed by atoms with Gasteiger partial charge in [0.25, 0.3) is 0 Å². The number of benzene rings is 1. The normalized spacial score (nSPS) is 10.1. The summed E-state index contributed by atoms with van der Waals surface area (Å²) in [6.07, 6.45) is 3.59. The van der Waals surface area contributed by atoms with Crippen molar-refractivity contribution < 1.29 is 0 Å². The zero-order valence-corrected chi connectivity index (χ0v) is 11.6. The van der Waals surface area contributed by atoms with E-state index in [1.807, 2.05) is 37.4 Å². The van der Waals surface area contributed by atoms with Crippen molar-refractivity contribution in [1.82, 2.24) is 15.0 Å². The number of nitrogens with one attached hydrogen (secondary N) is 1. The molecular formula is C17H14N4. The number of hydrogen-bond acceptors (Lipinski definition) is 3. The number of aromatic amines is 1. The van der Waals surface area contributed by atoms with Gasteiger partial charge in [0.1, 0.15) is 5.52 Å². The number of fused-ring (bicyclic) bond motifs is 1. The average molecular weight is 274 g/mol. The van der Waals surface area contributed by atoms with Crippen LogP contribution in [0, 0.1) is 11.8 Å². The van der Waals surface area contributed by atoms with E-state index in [9.17, 15) is 0 Å². The Bertz CT molecular complexity index is 894. The van der Waals surface area contributed by atoms with E-state index in [2.05, 4.69) is 33.4 Å². The van der Waals surface area contributed by atoms with Crippen LogP contribution in [0.2, 0.25) is 0 Å². The predicted molar refractivity (Wildman–Crippen MR) is 85.4 cm³/mol. The van der Waals surface area contributed by atoms with E-state index in [-0.39, 0.29) is 5.95 Å². The molecule has 4 heteroatoms. The molecule has 0 saturated heterocycles. The van der Waals surface area contributed by atoms with Crippen LogP contribution < -0.4 is 5.73 Å². The minimum absolute atomic E-state index is 0.265. The summed E-state index contributed by atoms with van der Waals surface area (Å²) in [6, 6.07) is 7.99. The first-order chi connectivity index (χ1) is 10.1. The molecule has 2 heterocycles. The summed E-state index contributed by atoms with van der Waals surface area (Å²) in [7, 11) is 0. The zero-order chi connectivity index (χ0) is 14.8. The summed E-state index contributed by atoms with van der Waals surface area (Å²) in [5, 5.41) is 0. The van der Waals surface area contributed by atoms with Crippen LogP contribution in [0.1, 0.15) is 12.5 Å². The van der Waals surface area contributed by atoms with Crippen LogP contribution in [0.4, 0.5) is 5.95 Å². The van der Waals surface area contributed by atoms with E-state index in [0.29, 0.717) is 0 Å². The molecule has 1 aromatic carbocycles. The van der Waals surface area contributed by atoms with E-state index in [0.717, 1.165) is 33.3 Å². The fraction of sp³-hybridized carbons (Fsp3) is 0.0588. The first kappa shape index (κ1) is 12.9. The van der Waals surface area contributed by atoms with E-state index in [4.69, 9.17) is 5.73 Å². The van der Waals surface area contributed by atoms with Crippen molar-refractivity contribution in [2.24, 2.45) is 0 Å². The van der Waals surface area contributed by atoms with E-state index < -0.39 is 0 Å². The van der Waals surface area contributed by atoms with Gasteiger partial charge in [0.2, 0.25) is 5.95 Å². The third kappa shape index (κ3) is 2.63. The number of nitrogens with zero attached hydrogens (tertiary/aromatic N) is 2. The molecule has 0 aliphatic rings. The molecule has 0 atom stereocenters. The van der Waals surface area contributed by atoms with Crippen LogP contribution in [0.3, 0.4) is 0 Å². The summed E-state index contributed by atoms with van der Waals surface area (Å²) in [5.41, 5.74) is 11.1. The minimum Gasteiger partial charge on any atom is -0.368 e. The Morgan fingerprint density at radius 3 is 3.05 bits per heavy atom. The molecule has 0 fully saturated rings. The first-order valence-corrected chi connectivity index (χ1v) is 6.51. The molecule has 0 amide bonds. The van der Waals surface area contributed by atoms with Gasteiger partial charge in [-0.2, -0.15) is 0 Å². The number of hydrogen-bond donors (Lipinski definition) is 2. The number of allylic oxidation sites excluding steroid dienone is 1. The quantitative estimate of drug-likeness (QED) is 0.670. The van der Waals surface area contributed by atoms with Crippen LogP contribution in [-0.2, 0) is 0 Å². The molecule has 21 heavy (non-hydrogen) atoms. The Labute approximate surface area is 122 Å². The van der Waals surface area contributed by atoms with Crippen molar-refractivity contribution >= 4 is 17.0 Å². The van der Waals surface area contributed by atoms with Crippen molar-refractivity contribution in [3.63, 3.8) is 0 Å². The molecule has 3 aromatic rings. The van der Waals surface area contributed by atoms with Crippen molar-refractivity contribution in [2.45, 2.75) is 6.92 Å². The highest BCUT2D eigenvalue weighted by atomic mass is 15.0. The average Bonchev–Trinajstić information content (AvgIpc) is 2.88. The summed E-state index contributed by atoms with van der Waals surface area (Å²) < 4.78 is 0. The molecule has 0 bridgehead atoms. The Hall–Kier alpha value is -3.06. The van der Waals surface area contributed by atoms with Crippen molar-refractivity contribution in [3.8, 4) is 23.0 Å². The monoisotopic (exact) mass is 274 g/mol. The van der Waals surface area contributed by atoms with Crippen LogP contribution in [0.15, 0.2) is 48.8 Å². The van der Waals surface area contributed by atoms with Crippen LogP contribution in [0.25, 0.3) is 22.2 Å². The number of nitrogen functional groups attached to an aromatic ring is 1. The lowest BCUT2D eigenvalue weighted by Crippen LogP contribution is -1.93. The Kier molecular flexibility index (Phi) is 3.17. The number of H-pyrrole nitrogens is 1. The van der Waals surface area contributed by atoms with E-state index in [1.165, 1.54) is 0 Å². The number of rotatable bonds is 1. The molecule has 102 valence electrons. The maximum absolute atomic E-state index is 5.67. The third-order valence-electron chi connectivity index (χ3n) is 3.03. The van der Waals surface area contributed by atoms with Crippen LogP contribution in [-0.4, -0.2) is 15.0 Å². The van der Waals surface area contributed by atoms with Gasteiger partial charge in [-0.05, 0) is 30.2 Å². The van der Waals surface area contributed by atoms with Gasteiger partial charge in [0.15, 0.2) is 0 Å². The van der Waals surface area contributed by atoms with Gasteiger partial charge < -0.3 is 10.7 Å². The SMILES string of the molecule is C=C(C)C#Cc1cccc(-c2c[nH]c3cnc(N)nc23)c1. The second kappa shape index (κ2) is 5.14. The molecule has 0 saturated carbocycles. The maximum Gasteiger partial charge on any atom is 0.220 e. The fourth-order valence-electron chi connectivity index (χ4n) is 2.09. The fourth-order valence-corrected chi connectivity index (χ4v) is 2.09. The van der Waals surface area contributed by atoms with E-state index in [1.54, 1.807) is 6.20 Å². The van der Waals surface area contributed by atoms with Gasteiger partial charge in [-0.3, -0.25) is 0 Å². The zero-order valence-electron chi connectivity index (χ0n) is 11.6. The second-order valence-corrected chi connectivity index (χ2v) is 4.80. The third-order valence-corrected chi connectivity index (χ3v) is 3.03. The summed E-state index contributed by atoms with van der Waals surface area (Å²) in [4.78, 5) is 11.4. The van der Waals surface area contributed by atoms with Crippen molar-refractivity contribution in [2.75, 3.05) is 5.73 Å². The highest BCUT2D eigenvalue weighted by molar-refractivity contribution is 5.92. The minimum atomic E-state index is 0.265. The molecule has 0 spiro atoms. The highest BCUT2D eigenvalue weighted by Crippen LogP contribution is 2.27. The molecule has 0 radical (unpaired) electrons. The Morgan fingerprint density at radius 1 is 1.38 bits per heavy atom. The lowest BCUT2D eigenvalue weighted by molar-refractivity contribution is 1.23. The largest absolute Gasteiger partial charge is 0.368 e. The van der Waals surface area contributed by atoms with Gasteiger partial charge in [-0.25, -0.2) is 9.97 Å². The smallest absolute Gasteiger partial charge is 0.220 e. The lowest BCUT2D eigenvalue weighted by atomic mass is 10.0. The number of nitrogens with two attached hydrogens (primary N) is 1. The first-order valence-electron chi connectivity index (χ1n) is 6.51. The summed E-state index contributed by atoms with van der Waals surface area (Å²) >= 11 is 0. The maximum atomic E-state index is 5.67. The van der Waals surface area contributed by atoms with Crippen LogP contribution in [0.5, 0.6) is 0 Å². The molecule has 2 aromatic heterocycles. The predicted octanol–water partition coefficient (Wildman–Crippen LogP) is 3.13. The molecule has 3 rings (SSSR count). The number of anilines is 1. The molecule has 0 aliphatic carbocycles. The molecule has 0 unspecified atom stereocenters. The van der Waals surface area contributed by atoms with Gasteiger partial charge in [0, 0.05) is 17.3 Å². The molecule has 4 nitrogen and oxygen atoms in total. The Morgan fingerprint density at radius 2 is 2.24 bits per heavy atom.